The summed E-state index contributed by atoms with van der Waals surface area (Å²) in [5.41, 5.74) is 0. The standard InChI is InChI=1S/C12H26.Li/c1-3-5-7-9-11-12-10-8-6-4-2;/h3-12H2,1-2H3;/q;+1. The molecule has 0 nitrogen and oxygen atoms in total. The van der Waals surface area contributed by atoms with E-state index in [0.29, 0.717) is 0 Å². The van der Waals surface area contributed by atoms with Crippen molar-refractivity contribution in [3.63, 3.8) is 0 Å². The second-order valence-corrected chi connectivity index (χ2v) is 3.83. The molecular weight excluding hydrogens is 151 g/mol. The van der Waals surface area contributed by atoms with E-state index in [1.165, 1.54) is 64.2 Å². The fraction of sp³-hybridized carbons (Fsp3) is 1.00. The van der Waals surface area contributed by atoms with Crippen LogP contribution in [0.2, 0.25) is 0 Å². The van der Waals surface area contributed by atoms with Crippen LogP contribution in [-0.4, -0.2) is 0 Å². The van der Waals surface area contributed by atoms with Gasteiger partial charge in [-0.25, -0.2) is 0 Å². The van der Waals surface area contributed by atoms with Crippen LogP contribution in [0.15, 0.2) is 0 Å². The minimum absolute atomic E-state index is 0. The largest absolute Gasteiger partial charge is 1.00 e. The first kappa shape index (κ1) is 16.0. The normalized spacial score (nSPS) is 9.69. The van der Waals surface area contributed by atoms with E-state index < -0.39 is 0 Å². The van der Waals surface area contributed by atoms with Gasteiger partial charge in [0.1, 0.15) is 0 Å². The van der Waals surface area contributed by atoms with Crippen molar-refractivity contribution < 1.29 is 18.9 Å². The third kappa shape index (κ3) is 15.4. The van der Waals surface area contributed by atoms with Gasteiger partial charge in [0.05, 0.1) is 0 Å². The van der Waals surface area contributed by atoms with Gasteiger partial charge in [-0.05, 0) is 0 Å². The zero-order valence-corrected chi connectivity index (χ0v) is 10.1. The number of hydrogen-bond donors (Lipinski definition) is 0. The number of hydrogen-bond acceptors (Lipinski definition) is 0. The van der Waals surface area contributed by atoms with E-state index in [0.717, 1.165) is 0 Å². The van der Waals surface area contributed by atoms with Crippen LogP contribution in [0, 0.1) is 0 Å². The van der Waals surface area contributed by atoms with Crippen molar-refractivity contribution in [2.75, 3.05) is 0 Å². The van der Waals surface area contributed by atoms with Gasteiger partial charge in [0.2, 0.25) is 0 Å². The summed E-state index contributed by atoms with van der Waals surface area (Å²) < 4.78 is 0. The number of unbranched alkanes of at least 4 members (excludes halogenated alkanes) is 9. The van der Waals surface area contributed by atoms with Crippen LogP contribution in [0.3, 0.4) is 0 Å². The van der Waals surface area contributed by atoms with E-state index in [2.05, 4.69) is 13.8 Å². The van der Waals surface area contributed by atoms with E-state index in [-0.39, 0.29) is 18.9 Å². The molecule has 0 saturated carbocycles. The smallest absolute Gasteiger partial charge is 0.0654 e. The molecule has 13 heavy (non-hydrogen) atoms. The van der Waals surface area contributed by atoms with Gasteiger partial charge in [-0.1, -0.05) is 78.1 Å². The summed E-state index contributed by atoms with van der Waals surface area (Å²) in [5.74, 6) is 0. The molecule has 0 aliphatic heterocycles. The van der Waals surface area contributed by atoms with Crippen molar-refractivity contribution in [2.24, 2.45) is 0 Å². The Morgan fingerprint density at radius 1 is 0.462 bits per heavy atom. The van der Waals surface area contributed by atoms with Crippen molar-refractivity contribution >= 4 is 0 Å². The minimum atomic E-state index is 0. The van der Waals surface area contributed by atoms with Crippen LogP contribution in [-0.2, 0) is 0 Å². The van der Waals surface area contributed by atoms with Crippen molar-refractivity contribution in [2.45, 2.75) is 78.1 Å². The van der Waals surface area contributed by atoms with Crippen LogP contribution in [0.1, 0.15) is 78.1 Å². The van der Waals surface area contributed by atoms with Gasteiger partial charge in [0.25, 0.3) is 0 Å². The molecule has 0 radical (unpaired) electrons. The zero-order valence-electron chi connectivity index (χ0n) is 10.1. The first-order chi connectivity index (χ1) is 5.91. The minimum Gasteiger partial charge on any atom is -0.0654 e. The van der Waals surface area contributed by atoms with E-state index in [4.69, 9.17) is 0 Å². The molecule has 0 atom stereocenters. The summed E-state index contributed by atoms with van der Waals surface area (Å²) in [7, 11) is 0. The molecule has 0 saturated heterocycles. The first-order valence-electron chi connectivity index (χ1n) is 5.91. The summed E-state index contributed by atoms with van der Waals surface area (Å²) in [6, 6.07) is 0. The summed E-state index contributed by atoms with van der Waals surface area (Å²) in [6.45, 7) is 4.56. The summed E-state index contributed by atoms with van der Waals surface area (Å²) in [4.78, 5) is 0. The van der Waals surface area contributed by atoms with E-state index in [9.17, 15) is 0 Å². The second-order valence-electron chi connectivity index (χ2n) is 3.83. The van der Waals surface area contributed by atoms with Crippen LogP contribution >= 0.6 is 0 Å². The van der Waals surface area contributed by atoms with Gasteiger partial charge >= 0.3 is 18.9 Å². The van der Waals surface area contributed by atoms with Gasteiger partial charge in [-0.3, -0.25) is 0 Å². The van der Waals surface area contributed by atoms with E-state index in [1.54, 1.807) is 0 Å². The Labute approximate surface area is 97.1 Å². The van der Waals surface area contributed by atoms with Crippen LogP contribution in [0.5, 0.6) is 0 Å². The van der Waals surface area contributed by atoms with Crippen LogP contribution < -0.4 is 18.9 Å². The maximum absolute atomic E-state index is 2.28. The van der Waals surface area contributed by atoms with E-state index in [1.807, 2.05) is 0 Å². The molecular formula is C12H26Li+. The maximum Gasteiger partial charge on any atom is 1.00 e. The molecule has 0 unspecified atom stereocenters. The fourth-order valence-corrected chi connectivity index (χ4v) is 1.56. The average Bonchev–Trinajstić information content (AvgIpc) is 2.10. The fourth-order valence-electron chi connectivity index (χ4n) is 1.56. The molecule has 0 rings (SSSR count). The van der Waals surface area contributed by atoms with Gasteiger partial charge in [-0.15, -0.1) is 0 Å². The van der Waals surface area contributed by atoms with Gasteiger partial charge in [-0.2, -0.15) is 0 Å². The Bertz CT molecular complexity index is 61.5. The van der Waals surface area contributed by atoms with Crippen molar-refractivity contribution in [1.82, 2.24) is 0 Å². The third-order valence-electron chi connectivity index (χ3n) is 2.46. The molecule has 0 amide bonds. The average molecular weight is 177 g/mol. The molecule has 0 aromatic carbocycles. The van der Waals surface area contributed by atoms with Crippen molar-refractivity contribution in [1.29, 1.82) is 0 Å². The predicted molar refractivity (Wildman–Crippen MR) is 57.5 cm³/mol. The predicted octanol–water partition coefficient (Wildman–Crippen LogP) is 1.93. The van der Waals surface area contributed by atoms with Crippen LogP contribution in [0.4, 0.5) is 0 Å². The summed E-state index contributed by atoms with van der Waals surface area (Å²) in [5, 5.41) is 0. The van der Waals surface area contributed by atoms with Gasteiger partial charge in [0, 0.05) is 0 Å². The molecule has 0 aliphatic carbocycles. The van der Waals surface area contributed by atoms with Gasteiger partial charge in [0.15, 0.2) is 0 Å². The topological polar surface area (TPSA) is 0 Å². The Morgan fingerprint density at radius 2 is 0.692 bits per heavy atom. The van der Waals surface area contributed by atoms with E-state index >= 15 is 0 Å². The quantitative estimate of drug-likeness (QED) is 0.373. The maximum atomic E-state index is 2.28. The van der Waals surface area contributed by atoms with Crippen LogP contribution in [0.25, 0.3) is 0 Å². The Kier molecular flexibility index (Phi) is 18.6. The third-order valence-corrected chi connectivity index (χ3v) is 2.46. The zero-order chi connectivity index (χ0) is 9.07. The first-order valence-corrected chi connectivity index (χ1v) is 5.91. The molecule has 0 bridgehead atoms. The number of rotatable bonds is 9. The van der Waals surface area contributed by atoms with Gasteiger partial charge < -0.3 is 0 Å². The Hall–Kier alpha value is 0.597. The molecule has 0 aliphatic rings. The van der Waals surface area contributed by atoms with Crippen molar-refractivity contribution in [3.05, 3.63) is 0 Å². The molecule has 0 fully saturated rings. The summed E-state index contributed by atoms with van der Waals surface area (Å²) in [6.07, 6.45) is 14.4. The summed E-state index contributed by atoms with van der Waals surface area (Å²) >= 11 is 0. The molecule has 0 aromatic heterocycles. The molecule has 1 heteroatoms. The molecule has 74 valence electrons. The monoisotopic (exact) mass is 177 g/mol. The molecule has 0 N–H and O–H groups in total. The Morgan fingerprint density at radius 3 is 0.923 bits per heavy atom. The molecule has 0 spiro atoms. The molecule has 0 aromatic rings. The Balaban J connectivity index is 0. The second kappa shape index (κ2) is 15.1. The molecule has 0 heterocycles. The van der Waals surface area contributed by atoms with Crippen molar-refractivity contribution in [3.8, 4) is 0 Å². The SMILES string of the molecule is CCCCCCCCCCCC.[Li+].